The van der Waals surface area contributed by atoms with Gasteiger partial charge in [-0.05, 0) is 6.42 Å². The average Bonchev–Trinajstić information content (AvgIpc) is 2.65. The number of thioether (sulfide) groups is 1. The Bertz CT molecular complexity index is 259. The van der Waals surface area contributed by atoms with E-state index >= 15 is 0 Å². The van der Waals surface area contributed by atoms with Gasteiger partial charge in [-0.15, -0.1) is 11.3 Å². The molecule has 0 radical (unpaired) electrons. The number of aromatic nitrogens is 1. The van der Waals surface area contributed by atoms with E-state index in [1.807, 2.05) is 19.2 Å². The van der Waals surface area contributed by atoms with Crippen LogP contribution in [0.1, 0.15) is 20.3 Å². The third-order valence-corrected chi connectivity index (χ3v) is 3.90. The van der Waals surface area contributed by atoms with Crippen LogP contribution in [-0.2, 0) is 4.79 Å². The van der Waals surface area contributed by atoms with Crippen molar-refractivity contribution in [2.75, 3.05) is 5.75 Å². The first-order chi connectivity index (χ1) is 6.24. The highest BCUT2D eigenvalue weighted by molar-refractivity contribution is 8.01. The molecule has 13 heavy (non-hydrogen) atoms. The first-order valence-corrected chi connectivity index (χ1v) is 6.15. The molecule has 0 saturated heterocycles. The van der Waals surface area contributed by atoms with Gasteiger partial charge in [-0.25, -0.2) is 4.98 Å². The Balaban J connectivity index is 2.31. The maximum atomic E-state index is 11.4. The van der Waals surface area contributed by atoms with Gasteiger partial charge in [0.1, 0.15) is 10.1 Å². The van der Waals surface area contributed by atoms with Gasteiger partial charge in [-0.3, -0.25) is 4.79 Å². The number of thiazole rings is 1. The first-order valence-electron chi connectivity index (χ1n) is 4.29. The molecule has 1 aromatic rings. The molecule has 4 heteroatoms. The fourth-order valence-electron chi connectivity index (χ4n) is 0.784. The molecule has 1 atom stereocenters. The van der Waals surface area contributed by atoms with E-state index in [1.165, 1.54) is 11.8 Å². The molecule has 72 valence electrons. The van der Waals surface area contributed by atoms with Gasteiger partial charge >= 0.3 is 0 Å². The monoisotopic (exact) mass is 215 g/mol. The Morgan fingerprint density at radius 1 is 1.77 bits per heavy atom. The van der Waals surface area contributed by atoms with Gasteiger partial charge in [0.2, 0.25) is 0 Å². The summed E-state index contributed by atoms with van der Waals surface area (Å²) >= 11 is 3.12. The Hall–Kier alpha value is -0.350. The fourth-order valence-corrected chi connectivity index (χ4v) is 2.45. The van der Waals surface area contributed by atoms with Crippen molar-refractivity contribution in [2.24, 2.45) is 5.92 Å². The smallest absolute Gasteiger partial charge is 0.150 e. The molecule has 0 aromatic carbocycles. The molecule has 0 N–H and O–H groups in total. The second-order valence-corrected chi connectivity index (χ2v) is 4.98. The minimum absolute atomic E-state index is 0.187. The third kappa shape index (κ3) is 3.48. The summed E-state index contributed by atoms with van der Waals surface area (Å²) in [6.45, 7) is 4.02. The van der Waals surface area contributed by atoms with E-state index < -0.39 is 0 Å². The van der Waals surface area contributed by atoms with Crippen LogP contribution < -0.4 is 0 Å². The summed E-state index contributed by atoms with van der Waals surface area (Å²) in [4.78, 5) is 15.5. The van der Waals surface area contributed by atoms with Crippen LogP contribution in [0.25, 0.3) is 0 Å². The molecule has 0 saturated carbocycles. The van der Waals surface area contributed by atoms with Crippen molar-refractivity contribution < 1.29 is 4.79 Å². The van der Waals surface area contributed by atoms with E-state index in [-0.39, 0.29) is 5.92 Å². The second kappa shape index (κ2) is 5.40. The molecule has 2 nitrogen and oxygen atoms in total. The van der Waals surface area contributed by atoms with Crippen LogP contribution in [0.5, 0.6) is 0 Å². The first kappa shape index (κ1) is 10.7. The molecule has 1 rings (SSSR count). The minimum atomic E-state index is 0.187. The van der Waals surface area contributed by atoms with Gasteiger partial charge in [-0.1, -0.05) is 25.6 Å². The van der Waals surface area contributed by atoms with E-state index in [4.69, 9.17) is 0 Å². The van der Waals surface area contributed by atoms with Crippen molar-refractivity contribution >= 4 is 28.9 Å². The molecule has 0 aliphatic heterocycles. The van der Waals surface area contributed by atoms with E-state index in [0.717, 1.165) is 10.8 Å². The fraction of sp³-hybridized carbons (Fsp3) is 0.556. The van der Waals surface area contributed by atoms with Crippen molar-refractivity contribution in [3.05, 3.63) is 11.6 Å². The zero-order valence-electron chi connectivity index (χ0n) is 7.82. The predicted molar refractivity (Wildman–Crippen MR) is 57.3 cm³/mol. The van der Waals surface area contributed by atoms with Gasteiger partial charge in [0.25, 0.3) is 0 Å². The summed E-state index contributed by atoms with van der Waals surface area (Å²) in [6, 6.07) is 0. The number of carbonyl (C=O) groups is 1. The van der Waals surface area contributed by atoms with Crippen LogP contribution in [0.2, 0.25) is 0 Å². The quantitative estimate of drug-likeness (QED) is 0.707. The number of ketones is 1. The number of hydrogen-bond acceptors (Lipinski definition) is 4. The molecule has 0 fully saturated rings. The van der Waals surface area contributed by atoms with E-state index in [9.17, 15) is 4.79 Å². The molecule has 0 spiro atoms. The van der Waals surface area contributed by atoms with Crippen molar-refractivity contribution in [1.82, 2.24) is 4.98 Å². The van der Waals surface area contributed by atoms with Gasteiger partial charge in [-0.2, -0.15) is 0 Å². The summed E-state index contributed by atoms with van der Waals surface area (Å²) in [5.74, 6) is 1.07. The molecule has 0 bridgehead atoms. The molecular weight excluding hydrogens is 202 g/mol. The number of Topliss-reactive ketones (excluding diaryl/α,β-unsaturated/α-hetero) is 1. The predicted octanol–water partition coefficient (Wildman–Crippen LogP) is 2.85. The minimum Gasteiger partial charge on any atom is -0.298 e. The number of rotatable bonds is 5. The standard InChI is InChI=1S/C9H13NOS2/c1-3-7(2)8(11)6-13-9-10-4-5-12-9/h4-5,7H,3,6H2,1-2H3. The molecule has 0 amide bonds. The number of carbonyl (C=O) groups excluding carboxylic acids is 1. The molecule has 1 aromatic heterocycles. The average molecular weight is 215 g/mol. The second-order valence-electron chi connectivity index (χ2n) is 2.86. The Labute approximate surface area is 86.8 Å². The lowest BCUT2D eigenvalue weighted by Gasteiger charge is -2.04. The van der Waals surface area contributed by atoms with E-state index in [2.05, 4.69) is 4.98 Å². The Kier molecular flexibility index (Phi) is 4.45. The lowest BCUT2D eigenvalue weighted by molar-refractivity contribution is -0.119. The number of nitrogens with zero attached hydrogens (tertiary/aromatic N) is 1. The highest BCUT2D eigenvalue weighted by Crippen LogP contribution is 2.21. The number of hydrogen-bond donors (Lipinski definition) is 0. The SMILES string of the molecule is CCC(C)C(=O)CSc1nccs1. The van der Waals surface area contributed by atoms with Crippen LogP contribution in [-0.4, -0.2) is 16.5 Å². The molecular formula is C9H13NOS2. The largest absolute Gasteiger partial charge is 0.298 e. The van der Waals surface area contributed by atoms with Crippen LogP contribution in [0, 0.1) is 5.92 Å². The molecule has 0 aliphatic carbocycles. The van der Waals surface area contributed by atoms with E-state index in [1.54, 1.807) is 17.5 Å². The highest BCUT2D eigenvalue weighted by Gasteiger charge is 2.11. The molecule has 1 unspecified atom stereocenters. The van der Waals surface area contributed by atoms with Gasteiger partial charge in [0, 0.05) is 17.5 Å². The van der Waals surface area contributed by atoms with Crippen molar-refractivity contribution in [2.45, 2.75) is 24.6 Å². The zero-order chi connectivity index (χ0) is 9.68. The van der Waals surface area contributed by atoms with Gasteiger partial charge in [0.05, 0.1) is 5.75 Å². The molecule has 1 heterocycles. The summed E-state index contributed by atoms with van der Waals surface area (Å²) in [5, 5.41) is 1.93. The Morgan fingerprint density at radius 2 is 2.54 bits per heavy atom. The summed E-state index contributed by atoms with van der Waals surface area (Å²) < 4.78 is 0.983. The maximum absolute atomic E-state index is 11.4. The highest BCUT2D eigenvalue weighted by atomic mass is 32.2. The van der Waals surface area contributed by atoms with Crippen LogP contribution in [0.4, 0.5) is 0 Å². The summed E-state index contributed by atoms with van der Waals surface area (Å²) in [5.41, 5.74) is 0. The lowest BCUT2D eigenvalue weighted by Crippen LogP contribution is -2.11. The van der Waals surface area contributed by atoms with Crippen molar-refractivity contribution in [3.8, 4) is 0 Å². The summed E-state index contributed by atoms with van der Waals surface area (Å²) in [6.07, 6.45) is 2.69. The van der Waals surface area contributed by atoms with Gasteiger partial charge in [0.15, 0.2) is 0 Å². The van der Waals surface area contributed by atoms with E-state index in [0.29, 0.717) is 11.5 Å². The third-order valence-electron chi connectivity index (χ3n) is 1.91. The lowest BCUT2D eigenvalue weighted by atomic mass is 10.1. The van der Waals surface area contributed by atoms with Crippen LogP contribution in [0.3, 0.4) is 0 Å². The van der Waals surface area contributed by atoms with Gasteiger partial charge < -0.3 is 0 Å². The molecule has 0 aliphatic rings. The zero-order valence-corrected chi connectivity index (χ0v) is 9.45. The maximum Gasteiger partial charge on any atom is 0.150 e. The van der Waals surface area contributed by atoms with Crippen molar-refractivity contribution in [1.29, 1.82) is 0 Å². The summed E-state index contributed by atoms with van der Waals surface area (Å²) in [7, 11) is 0. The normalized spacial score (nSPS) is 12.8. The topological polar surface area (TPSA) is 30.0 Å². The van der Waals surface area contributed by atoms with Crippen LogP contribution in [0.15, 0.2) is 15.9 Å². The van der Waals surface area contributed by atoms with Crippen molar-refractivity contribution in [3.63, 3.8) is 0 Å². The van der Waals surface area contributed by atoms with Crippen LogP contribution >= 0.6 is 23.1 Å². The Morgan fingerprint density at radius 3 is 3.08 bits per heavy atom.